The third kappa shape index (κ3) is 5.77. The van der Waals surface area contributed by atoms with Gasteiger partial charge in [0.25, 0.3) is 0 Å². The number of fused-ring (bicyclic) bond motifs is 5. The first kappa shape index (κ1) is 34.7. The molecule has 0 N–H and O–H groups in total. The summed E-state index contributed by atoms with van der Waals surface area (Å²) in [5.74, 6) is 1.92. The Labute approximate surface area is 344 Å². The van der Waals surface area contributed by atoms with Crippen molar-refractivity contribution >= 4 is 21.5 Å². The summed E-state index contributed by atoms with van der Waals surface area (Å²) in [6, 6.07) is 71.4. The average molecular weight is 754 g/mol. The Morgan fingerprint density at radius 1 is 0.271 bits per heavy atom. The van der Waals surface area contributed by atoms with Gasteiger partial charge in [-0.3, -0.25) is 0 Å². The van der Waals surface area contributed by atoms with Crippen LogP contribution in [-0.4, -0.2) is 15.0 Å². The SMILES string of the molecule is CC1(C)c2ccccc2-c2ccc(-c3ccc(-c4ccc(-c5nc(-c6ccccc6)nc(-c6ccccc6-c6ccccc6)n5)c5ccccc45)c4ccccc34)cc21. The number of benzene rings is 9. The molecule has 1 aliphatic rings. The van der Waals surface area contributed by atoms with Crippen LogP contribution in [0.3, 0.4) is 0 Å². The molecule has 0 atom stereocenters. The van der Waals surface area contributed by atoms with Crippen molar-refractivity contribution < 1.29 is 0 Å². The largest absolute Gasteiger partial charge is 0.208 e. The number of hydrogen-bond acceptors (Lipinski definition) is 3. The molecule has 10 aromatic rings. The number of rotatable bonds is 6. The Balaban J connectivity index is 1.06. The fourth-order valence-electron chi connectivity index (χ4n) is 9.27. The van der Waals surface area contributed by atoms with Gasteiger partial charge in [-0.25, -0.2) is 15.0 Å². The van der Waals surface area contributed by atoms with Gasteiger partial charge in [0.2, 0.25) is 0 Å². The molecule has 0 fully saturated rings. The Kier molecular flexibility index (Phi) is 8.16. The minimum Gasteiger partial charge on any atom is -0.208 e. The van der Waals surface area contributed by atoms with E-state index >= 15 is 0 Å². The second-order valence-corrected chi connectivity index (χ2v) is 15.9. The summed E-state index contributed by atoms with van der Waals surface area (Å²) in [4.78, 5) is 15.5. The minimum absolute atomic E-state index is 0.0647. The molecule has 0 amide bonds. The summed E-state index contributed by atoms with van der Waals surface area (Å²) in [5, 5.41) is 4.69. The van der Waals surface area contributed by atoms with E-state index in [2.05, 4.69) is 190 Å². The van der Waals surface area contributed by atoms with Crippen LogP contribution in [0.1, 0.15) is 25.0 Å². The third-order valence-corrected chi connectivity index (χ3v) is 12.2. The summed E-state index contributed by atoms with van der Waals surface area (Å²) in [7, 11) is 0. The van der Waals surface area contributed by atoms with Crippen molar-refractivity contribution in [2.75, 3.05) is 0 Å². The molecule has 0 saturated carbocycles. The van der Waals surface area contributed by atoms with Gasteiger partial charge in [-0.15, -0.1) is 0 Å². The number of aromatic nitrogens is 3. The van der Waals surface area contributed by atoms with Crippen LogP contribution in [-0.2, 0) is 5.41 Å². The molecule has 0 unspecified atom stereocenters. The van der Waals surface area contributed by atoms with E-state index in [9.17, 15) is 0 Å². The molecule has 1 aromatic heterocycles. The van der Waals surface area contributed by atoms with Gasteiger partial charge in [0.15, 0.2) is 17.5 Å². The summed E-state index contributed by atoms with van der Waals surface area (Å²) in [6.45, 7) is 4.70. The van der Waals surface area contributed by atoms with Gasteiger partial charge >= 0.3 is 0 Å². The maximum absolute atomic E-state index is 5.26. The first-order chi connectivity index (χ1) is 29.0. The fourth-order valence-corrected chi connectivity index (χ4v) is 9.27. The van der Waals surface area contributed by atoms with Gasteiger partial charge in [-0.05, 0) is 89.3 Å². The molecule has 3 nitrogen and oxygen atoms in total. The van der Waals surface area contributed by atoms with Crippen LogP contribution >= 0.6 is 0 Å². The molecule has 0 aliphatic heterocycles. The molecule has 0 radical (unpaired) electrons. The van der Waals surface area contributed by atoms with Gasteiger partial charge in [-0.1, -0.05) is 202 Å². The van der Waals surface area contributed by atoms with Crippen LogP contribution in [0.2, 0.25) is 0 Å². The van der Waals surface area contributed by atoms with Crippen molar-refractivity contribution in [3.8, 4) is 78.7 Å². The van der Waals surface area contributed by atoms with Crippen molar-refractivity contribution in [1.82, 2.24) is 15.0 Å². The molecular weight excluding hydrogens is 715 g/mol. The third-order valence-electron chi connectivity index (χ3n) is 12.2. The van der Waals surface area contributed by atoms with Crippen LogP contribution in [0.4, 0.5) is 0 Å². The van der Waals surface area contributed by atoms with E-state index < -0.39 is 0 Å². The molecule has 1 aliphatic carbocycles. The number of nitrogens with zero attached hydrogens (tertiary/aromatic N) is 3. The zero-order valence-corrected chi connectivity index (χ0v) is 32.9. The van der Waals surface area contributed by atoms with E-state index in [1.54, 1.807) is 0 Å². The lowest BCUT2D eigenvalue weighted by molar-refractivity contribution is 0.660. The van der Waals surface area contributed by atoms with E-state index in [1.807, 2.05) is 24.3 Å². The van der Waals surface area contributed by atoms with Gasteiger partial charge in [0.1, 0.15) is 0 Å². The van der Waals surface area contributed by atoms with E-state index in [0.29, 0.717) is 17.5 Å². The van der Waals surface area contributed by atoms with Crippen molar-refractivity contribution in [3.63, 3.8) is 0 Å². The maximum atomic E-state index is 5.26. The zero-order valence-electron chi connectivity index (χ0n) is 32.9. The molecule has 0 saturated heterocycles. The summed E-state index contributed by atoms with van der Waals surface area (Å²) < 4.78 is 0. The Morgan fingerprint density at radius 3 is 1.36 bits per heavy atom. The van der Waals surface area contributed by atoms with Crippen molar-refractivity contribution in [2.24, 2.45) is 0 Å². The summed E-state index contributed by atoms with van der Waals surface area (Å²) in [6.07, 6.45) is 0. The van der Waals surface area contributed by atoms with E-state index in [1.165, 1.54) is 55.3 Å². The lowest BCUT2D eigenvalue weighted by atomic mass is 9.81. The molecule has 3 heteroatoms. The lowest BCUT2D eigenvalue weighted by Gasteiger charge is -2.22. The van der Waals surface area contributed by atoms with Gasteiger partial charge in [0, 0.05) is 22.1 Å². The highest BCUT2D eigenvalue weighted by atomic mass is 15.0. The smallest absolute Gasteiger partial charge is 0.164 e. The molecule has 0 spiro atoms. The minimum atomic E-state index is -0.0647. The second kappa shape index (κ2) is 13.9. The van der Waals surface area contributed by atoms with Crippen LogP contribution in [0.25, 0.3) is 100 Å². The second-order valence-electron chi connectivity index (χ2n) is 15.9. The molecule has 9 aromatic carbocycles. The summed E-state index contributed by atoms with van der Waals surface area (Å²) >= 11 is 0. The van der Waals surface area contributed by atoms with Crippen LogP contribution in [0.15, 0.2) is 200 Å². The predicted octanol–water partition coefficient (Wildman–Crippen LogP) is 14.5. The van der Waals surface area contributed by atoms with E-state index in [0.717, 1.165) is 38.6 Å². The Morgan fingerprint density at radius 2 is 0.695 bits per heavy atom. The van der Waals surface area contributed by atoms with Gasteiger partial charge < -0.3 is 0 Å². The highest BCUT2D eigenvalue weighted by molar-refractivity contribution is 6.12. The van der Waals surface area contributed by atoms with Crippen LogP contribution in [0.5, 0.6) is 0 Å². The standard InChI is InChI=1S/C56H39N3/c1-56(2)51-28-16-15-26-47(51)48-30-29-38(35-52(48)56)40-31-32-45(42-23-11-10-22-41(40)42)46-33-34-50(44-25-13-12-24-43(44)46)55-58-53(37-19-7-4-8-20-37)57-54(59-55)49-27-14-9-21-39(49)36-17-5-3-6-18-36/h3-35H,1-2H3. The van der Waals surface area contributed by atoms with E-state index in [-0.39, 0.29) is 5.41 Å². The average Bonchev–Trinajstić information content (AvgIpc) is 3.54. The first-order valence-electron chi connectivity index (χ1n) is 20.3. The highest BCUT2D eigenvalue weighted by Gasteiger charge is 2.35. The first-order valence-corrected chi connectivity index (χ1v) is 20.3. The van der Waals surface area contributed by atoms with Crippen LogP contribution < -0.4 is 0 Å². The maximum Gasteiger partial charge on any atom is 0.164 e. The molecule has 1 heterocycles. The normalized spacial score (nSPS) is 12.7. The van der Waals surface area contributed by atoms with Crippen molar-refractivity contribution in [3.05, 3.63) is 211 Å². The Bertz CT molecular complexity index is 3240. The van der Waals surface area contributed by atoms with Gasteiger partial charge in [-0.2, -0.15) is 0 Å². The van der Waals surface area contributed by atoms with Crippen molar-refractivity contribution in [2.45, 2.75) is 19.3 Å². The monoisotopic (exact) mass is 753 g/mol. The van der Waals surface area contributed by atoms with E-state index in [4.69, 9.17) is 15.0 Å². The fraction of sp³-hybridized carbons (Fsp3) is 0.0536. The molecule has 278 valence electrons. The molecule has 0 bridgehead atoms. The Hall–Kier alpha value is -7.49. The quantitative estimate of drug-likeness (QED) is 0.170. The highest BCUT2D eigenvalue weighted by Crippen LogP contribution is 2.50. The van der Waals surface area contributed by atoms with Gasteiger partial charge in [0.05, 0.1) is 0 Å². The topological polar surface area (TPSA) is 38.7 Å². The van der Waals surface area contributed by atoms with Crippen molar-refractivity contribution in [1.29, 1.82) is 0 Å². The number of hydrogen-bond donors (Lipinski definition) is 0. The lowest BCUT2D eigenvalue weighted by Crippen LogP contribution is -2.14. The molecule has 11 rings (SSSR count). The van der Waals surface area contributed by atoms with Crippen LogP contribution in [0, 0.1) is 0 Å². The predicted molar refractivity (Wildman–Crippen MR) is 245 cm³/mol. The molecule has 59 heavy (non-hydrogen) atoms. The zero-order chi connectivity index (χ0) is 39.5. The summed E-state index contributed by atoms with van der Waals surface area (Å²) in [5.41, 5.74) is 15.3. The molecular formula is C56H39N3.